The first-order valence-electron chi connectivity index (χ1n) is 11.4. The van der Waals surface area contributed by atoms with E-state index in [1.165, 1.54) is 0 Å². The normalized spacial score (nSPS) is 15.7. The molecule has 1 aliphatic heterocycles. The van der Waals surface area contributed by atoms with Crippen molar-refractivity contribution in [1.82, 2.24) is 25.1 Å². The van der Waals surface area contributed by atoms with Crippen LogP contribution in [0.4, 0.5) is 0 Å². The van der Waals surface area contributed by atoms with Crippen LogP contribution >= 0.6 is 0 Å². The molecule has 1 fully saturated rings. The largest absolute Gasteiger partial charge is 0.480 e. The molecule has 34 heavy (non-hydrogen) atoms. The Morgan fingerprint density at radius 2 is 2.00 bits per heavy atom. The van der Waals surface area contributed by atoms with E-state index in [9.17, 15) is 14.4 Å². The number of benzene rings is 2. The minimum absolute atomic E-state index is 0.0160. The Hall–Kier alpha value is -3.72. The molecule has 0 saturated carbocycles. The van der Waals surface area contributed by atoms with Gasteiger partial charge in [-0.15, -0.1) is 0 Å². The number of imidazole rings is 1. The van der Waals surface area contributed by atoms with Crippen molar-refractivity contribution in [3.8, 4) is 0 Å². The molecule has 3 N–H and O–H groups in total. The molecule has 178 valence electrons. The SMILES string of the molecule is O=C(O)CNC(=O)CN(Cc1cccc2ccccc12)CC1CCCN1C(=O)Cc1cnc[nH]1. The van der Waals surface area contributed by atoms with Crippen molar-refractivity contribution in [3.63, 3.8) is 0 Å². The van der Waals surface area contributed by atoms with Crippen LogP contribution in [0.1, 0.15) is 24.1 Å². The van der Waals surface area contributed by atoms with Crippen molar-refractivity contribution in [2.45, 2.75) is 31.8 Å². The molecular formula is C25H29N5O4. The van der Waals surface area contributed by atoms with E-state index >= 15 is 0 Å². The van der Waals surface area contributed by atoms with E-state index < -0.39 is 12.5 Å². The Balaban J connectivity index is 1.50. The minimum Gasteiger partial charge on any atom is -0.480 e. The molecule has 2 aromatic carbocycles. The van der Waals surface area contributed by atoms with Crippen LogP contribution in [0.15, 0.2) is 55.0 Å². The van der Waals surface area contributed by atoms with Crippen LogP contribution < -0.4 is 5.32 Å². The molecule has 2 heterocycles. The van der Waals surface area contributed by atoms with Gasteiger partial charge in [0.1, 0.15) is 6.54 Å². The fourth-order valence-electron chi connectivity index (χ4n) is 4.59. The molecular weight excluding hydrogens is 434 g/mol. The molecule has 1 saturated heterocycles. The summed E-state index contributed by atoms with van der Waals surface area (Å²) in [7, 11) is 0. The van der Waals surface area contributed by atoms with Crippen molar-refractivity contribution < 1.29 is 19.5 Å². The second-order valence-corrected chi connectivity index (χ2v) is 8.62. The zero-order chi connectivity index (χ0) is 23.9. The molecule has 0 spiro atoms. The molecule has 2 amide bonds. The number of likely N-dealkylation sites (tertiary alicyclic amines) is 1. The number of H-pyrrole nitrogens is 1. The van der Waals surface area contributed by atoms with Crippen LogP contribution in [0.5, 0.6) is 0 Å². The van der Waals surface area contributed by atoms with Crippen LogP contribution in [0.25, 0.3) is 10.8 Å². The maximum absolute atomic E-state index is 13.0. The number of carbonyl (C=O) groups is 3. The number of rotatable bonds is 10. The lowest BCUT2D eigenvalue weighted by molar-refractivity contribution is -0.138. The van der Waals surface area contributed by atoms with Crippen LogP contribution in [0.2, 0.25) is 0 Å². The van der Waals surface area contributed by atoms with Crippen molar-refractivity contribution in [2.75, 3.05) is 26.2 Å². The number of amides is 2. The number of carboxylic acid groups (broad SMARTS) is 1. The first kappa shape index (κ1) is 23.4. The highest BCUT2D eigenvalue weighted by atomic mass is 16.4. The van der Waals surface area contributed by atoms with Gasteiger partial charge in [-0.3, -0.25) is 19.3 Å². The molecule has 1 aromatic heterocycles. The molecule has 9 heteroatoms. The zero-order valence-electron chi connectivity index (χ0n) is 18.9. The van der Waals surface area contributed by atoms with Gasteiger partial charge in [0.15, 0.2) is 0 Å². The monoisotopic (exact) mass is 463 g/mol. The van der Waals surface area contributed by atoms with Gasteiger partial charge in [-0.05, 0) is 29.2 Å². The van der Waals surface area contributed by atoms with Gasteiger partial charge in [0, 0.05) is 37.6 Å². The van der Waals surface area contributed by atoms with E-state index in [1.54, 1.807) is 12.5 Å². The van der Waals surface area contributed by atoms with Gasteiger partial charge in [-0.2, -0.15) is 0 Å². The van der Waals surface area contributed by atoms with Gasteiger partial charge in [0.2, 0.25) is 11.8 Å². The minimum atomic E-state index is -1.08. The second-order valence-electron chi connectivity index (χ2n) is 8.62. The van der Waals surface area contributed by atoms with E-state index in [-0.39, 0.29) is 30.8 Å². The van der Waals surface area contributed by atoms with Crippen LogP contribution in [0.3, 0.4) is 0 Å². The summed E-state index contributed by atoms with van der Waals surface area (Å²) in [5.41, 5.74) is 1.86. The fraction of sp³-hybridized carbons (Fsp3) is 0.360. The van der Waals surface area contributed by atoms with E-state index in [0.29, 0.717) is 19.6 Å². The lowest BCUT2D eigenvalue weighted by Crippen LogP contribution is -2.46. The highest BCUT2D eigenvalue weighted by Crippen LogP contribution is 2.23. The zero-order valence-corrected chi connectivity index (χ0v) is 18.9. The highest BCUT2D eigenvalue weighted by molar-refractivity contribution is 5.86. The van der Waals surface area contributed by atoms with Crippen molar-refractivity contribution >= 4 is 28.6 Å². The summed E-state index contributed by atoms with van der Waals surface area (Å²) in [6.45, 7) is 1.36. The average molecular weight is 464 g/mol. The molecule has 0 aliphatic carbocycles. The molecule has 0 bridgehead atoms. The fourth-order valence-corrected chi connectivity index (χ4v) is 4.59. The predicted molar refractivity (Wildman–Crippen MR) is 127 cm³/mol. The average Bonchev–Trinajstić information content (AvgIpc) is 3.50. The third-order valence-corrected chi connectivity index (χ3v) is 6.14. The van der Waals surface area contributed by atoms with Crippen molar-refractivity contribution in [3.05, 3.63) is 66.2 Å². The third-order valence-electron chi connectivity index (χ3n) is 6.14. The Bertz CT molecular complexity index is 1140. The van der Waals surface area contributed by atoms with E-state index in [0.717, 1.165) is 34.9 Å². The Labute approximate surface area is 197 Å². The number of aliphatic carboxylic acids is 1. The third kappa shape index (κ3) is 5.99. The number of fused-ring (bicyclic) bond motifs is 1. The lowest BCUT2D eigenvalue weighted by Gasteiger charge is -2.31. The van der Waals surface area contributed by atoms with Gasteiger partial charge in [0.25, 0.3) is 0 Å². The summed E-state index contributed by atoms with van der Waals surface area (Å²) in [5.74, 6) is -1.40. The first-order valence-corrected chi connectivity index (χ1v) is 11.4. The molecule has 1 unspecified atom stereocenters. The van der Waals surface area contributed by atoms with Gasteiger partial charge in [0.05, 0.1) is 19.3 Å². The number of nitrogens with zero attached hydrogens (tertiary/aromatic N) is 3. The summed E-state index contributed by atoms with van der Waals surface area (Å²) < 4.78 is 0. The van der Waals surface area contributed by atoms with Gasteiger partial charge < -0.3 is 20.3 Å². The molecule has 4 rings (SSSR count). The first-order chi connectivity index (χ1) is 16.5. The molecule has 9 nitrogen and oxygen atoms in total. The van der Waals surface area contributed by atoms with E-state index in [2.05, 4.69) is 33.5 Å². The number of aromatic amines is 1. The van der Waals surface area contributed by atoms with Gasteiger partial charge in [-0.1, -0.05) is 42.5 Å². The van der Waals surface area contributed by atoms with Gasteiger partial charge >= 0.3 is 5.97 Å². The smallest absolute Gasteiger partial charge is 0.322 e. The number of hydrogen-bond donors (Lipinski definition) is 3. The number of carboxylic acids is 1. The Kier molecular flexibility index (Phi) is 7.54. The summed E-state index contributed by atoms with van der Waals surface area (Å²) in [6.07, 6.45) is 5.25. The quantitative estimate of drug-likeness (QED) is 0.422. The van der Waals surface area contributed by atoms with Crippen molar-refractivity contribution in [1.29, 1.82) is 0 Å². The van der Waals surface area contributed by atoms with Crippen LogP contribution in [0, 0.1) is 0 Å². The lowest BCUT2D eigenvalue weighted by atomic mass is 10.0. The maximum atomic E-state index is 13.0. The standard InChI is InChI=1S/C25H29N5O4/c31-23(27-13-25(33)34)16-29(14-19-7-3-6-18-5-1-2-9-22(18)19)15-21-8-4-10-30(21)24(32)11-20-12-26-17-28-20/h1-3,5-7,9,12,17,21H,4,8,10-11,13-16H2,(H,26,28)(H,27,31)(H,33,34). The molecule has 3 aromatic rings. The molecule has 0 radical (unpaired) electrons. The van der Waals surface area contributed by atoms with Crippen LogP contribution in [-0.4, -0.2) is 74.9 Å². The Morgan fingerprint density at radius 1 is 1.18 bits per heavy atom. The predicted octanol–water partition coefficient (Wildman–Crippen LogP) is 1.80. The van der Waals surface area contributed by atoms with Crippen LogP contribution in [-0.2, 0) is 27.3 Å². The second kappa shape index (κ2) is 10.9. The molecule has 1 aliphatic rings. The summed E-state index contributed by atoms with van der Waals surface area (Å²) >= 11 is 0. The summed E-state index contributed by atoms with van der Waals surface area (Å²) in [5, 5.41) is 13.6. The summed E-state index contributed by atoms with van der Waals surface area (Å²) in [6, 6.07) is 14.2. The number of carbonyl (C=O) groups excluding carboxylic acids is 2. The van der Waals surface area contributed by atoms with Gasteiger partial charge in [-0.25, -0.2) is 4.98 Å². The Morgan fingerprint density at radius 3 is 2.79 bits per heavy atom. The number of hydrogen-bond acceptors (Lipinski definition) is 5. The summed E-state index contributed by atoms with van der Waals surface area (Å²) in [4.78, 5) is 47.2. The van der Waals surface area contributed by atoms with E-state index in [1.807, 2.05) is 34.1 Å². The molecule has 1 atom stereocenters. The number of aromatic nitrogens is 2. The van der Waals surface area contributed by atoms with E-state index in [4.69, 9.17) is 5.11 Å². The topological polar surface area (TPSA) is 119 Å². The highest BCUT2D eigenvalue weighted by Gasteiger charge is 2.31. The number of nitrogens with one attached hydrogen (secondary N) is 2. The van der Waals surface area contributed by atoms with Crippen molar-refractivity contribution in [2.24, 2.45) is 0 Å². The maximum Gasteiger partial charge on any atom is 0.322 e.